The molecule has 4 heteroatoms. The first kappa shape index (κ1) is 17.3. The highest BCUT2D eigenvalue weighted by atomic mass is 16.5. The van der Waals surface area contributed by atoms with Gasteiger partial charge in [0.1, 0.15) is 17.1 Å². The summed E-state index contributed by atoms with van der Waals surface area (Å²) in [7, 11) is 0. The molecule has 4 nitrogen and oxygen atoms in total. The number of carbonyl (C=O) groups is 1. The Balaban J connectivity index is 2.12. The number of unbranched alkanes of at least 4 members (excludes halogenated alkanes) is 7. The van der Waals surface area contributed by atoms with Crippen molar-refractivity contribution in [2.75, 3.05) is 6.61 Å². The average Bonchev–Trinajstić information content (AvgIpc) is 2.48. The Kier molecular flexibility index (Phi) is 8.32. The van der Waals surface area contributed by atoms with Crippen LogP contribution in [0.3, 0.4) is 0 Å². The summed E-state index contributed by atoms with van der Waals surface area (Å²) in [5.74, 6) is -0.827. The molecule has 0 radical (unpaired) electrons. The van der Waals surface area contributed by atoms with Gasteiger partial charge in [-0.05, 0) is 24.6 Å². The molecule has 1 aromatic carbocycles. The molecule has 118 valence electrons. The second kappa shape index (κ2) is 10.1. The normalized spacial score (nSPS) is 10.5. The van der Waals surface area contributed by atoms with Crippen LogP contribution in [0, 0.1) is 0 Å². The zero-order valence-corrected chi connectivity index (χ0v) is 12.8. The Labute approximate surface area is 126 Å². The molecule has 0 aliphatic carbocycles. The lowest BCUT2D eigenvalue weighted by Gasteiger charge is -2.07. The van der Waals surface area contributed by atoms with Crippen LogP contribution in [0.4, 0.5) is 0 Å². The lowest BCUT2D eigenvalue weighted by atomic mass is 10.1. The van der Waals surface area contributed by atoms with E-state index in [1.165, 1.54) is 56.7 Å². The first-order chi connectivity index (χ1) is 10.1. The van der Waals surface area contributed by atoms with Crippen molar-refractivity contribution in [3.8, 4) is 11.5 Å². The maximum atomic E-state index is 11.7. The monoisotopic (exact) mass is 294 g/mol. The third kappa shape index (κ3) is 7.02. The maximum Gasteiger partial charge on any atom is 0.342 e. The SMILES string of the molecule is CCCCCCCCCCOC(=O)c1cc(O)ccc1O. The molecule has 0 spiro atoms. The van der Waals surface area contributed by atoms with Gasteiger partial charge in [0.2, 0.25) is 0 Å². The summed E-state index contributed by atoms with van der Waals surface area (Å²) >= 11 is 0. The number of phenolic OH excluding ortho intramolecular Hbond substituents is 2. The fourth-order valence-corrected chi connectivity index (χ4v) is 2.17. The van der Waals surface area contributed by atoms with Crippen LogP contribution in [0.2, 0.25) is 0 Å². The highest BCUT2D eigenvalue weighted by Crippen LogP contribution is 2.22. The van der Waals surface area contributed by atoms with Gasteiger partial charge < -0.3 is 14.9 Å². The minimum absolute atomic E-state index is 0.00886. The highest BCUT2D eigenvalue weighted by Gasteiger charge is 2.13. The Morgan fingerprint density at radius 1 is 1.00 bits per heavy atom. The van der Waals surface area contributed by atoms with Gasteiger partial charge in [0.05, 0.1) is 6.61 Å². The second-order valence-corrected chi connectivity index (χ2v) is 5.31. The molecule has 0 unspecified atom stereocenters. The van der Waals surface area contributed by atoms with Crippen LogP contribution < -0.4 is 0 Å². The van der Waals surface area contributed by atoms with Crippen LogP contribution >= 0.6 is 0 Å². The number of hydrogen-bond acceptors (Lipinski definition) is 4. The average molecular weight is 294 g/mol. The Bertz CT molecular complexity index is 429. The van der Waals surface area contributed by atoms with Gasteiger partial charge in [-0.15, -0.1) is 0 Å². The molecule has 0 amide bonds. The number of rotatable bonds is 10. The number of ether oxygens (including phenoxy) is 1. The first-order valence-electron chi connectivity index (χ1n) is 7.84. The van der Waals surface area contributed by atoms with E-state index in [1.54, 1.807) is 0 Å². The van der Waals surface area contributed by atoms with E-state index < -0.39 is 5.97 Å². The standard InChI is InChI=1S/C17H26O4/c1-2-3-4-5-6-7-8-9-12-21-17(20)15-13-14(18)10-11-16(15)19/h10-11,13,18-19H,2-9,12H2,1H3. The predicted octanol–water partition coefficient (Wildman–Crippen LogP) is 4.40. The summed E-state index contributed by atoms with van der Waals surface area (Å²) in [5, 5.41) is 18.8. The molecule has 1 aromatic rings. The molecule has 1 rings (SSSR count). The van der Waals surface area contributed by atoms with Gasteiger partial charge in [0, 0.05) is 0 Å². The van der Waals surface area contributed by atoms with Crippen LogP contribution in [0.5, 0.6) is 11.5 Å². The minimum Gasteiger partial charge on any atom is -0.508 e. The van der Waals surface area contributed by atoms with Crippen LogP contribution in [-0.2, 0) is 4.74 Å². The third-order valence-electron chi connectivity index (χ3n) is 3.43. The molecule has 0 bridgehead atoms. The Morgan fingerprint density at radius 3 is 2.29 bits per heavy atom. The van der Waals surface area contributed by atoms with Gasteiger partial charge in [-0.1, -0.05) is 51.9 Å². The number of aromatic hydroxyl groups is 2. The molecule has 2 N–H and O–H groups in total. The summed E-state index contributed by atoms with van der Waals surface area (Å²) in [4.78, 5) is 11.7. The molecule has 0 saturated carbocycles. The van der Waals surface area contributed by atoms with Gasteiger partial charge >= 0.3 is 5.97 Å². The topological polar surface area (TPSA) is 66.8 Å². The molecule has 0 saturated heterocycles. The van der Waals surface area contributed by atoms with Crippen LogP contribution in [0.1, 0.15) is 68.6 Å². The van der Waals surface area contributed by atoms with E-state index >= 15 is 0 Å². The van der Waals surface area contributed by atoms with Gasteiger partial charge in [0.15, 0.2) is 0 Å². The van der Waals surface area contributed by atoms with E-state index in [-0.39, 0.29) is 17.1 Å². The van der Waals surface area contributed by atoms with Crippen molar-refractivity contribution >= 4 is 5.97 Å². The number of hydrogen-bond donors (Lipinski definition) is 2. The van der Waals surface area contributed by atoms with E-state index in [1.807, 2.05) is 0 Å². The lowest BCUT2D eigenvalue weighted by Crippen LogP contribution is -2.06. The summed E-state index contributed by atoms with van der Waals surface area (Å²) < 4.78 is 5.10. The molecule has 0 heterocycles. The largest absolute Gasteiger partial charge is 0.508 e. The fourth-order valence-electron chi connectivity index (χ4n) is 2.17. The fraction of sp³-hybridized carbons (Fsp3) is 0.588. The lowest BCUT2D eigenvalue weighted by molar-refractivity contribution is 0.0494. The van der Waals surface area contributed by atoms with Crippen molar-refractivity contribution in [3.63, 3.8) is 0 Å². The van der Waals surface area contributed by atoms with E-state index in [2.05, 4.69) is 6.92 Å². The Morgan fingerprint density at radius 2 is 1.62 bits per heavy atom. The van der Waals surface area contributed by atoms with Gasteiger partial charge in [0.25, 0.3) is 0 Å². The van der Waals surface area contributed by atoms with Crippen LogP contribution in [0.25, 0.3) is 0 Å². The first-order valence-corrected chi connectivity index (χ1v) is 7.84. The Hall–Kier alpha value is -1.71. The predicted molar refractivity (Wildman–Crippen MR) is 82.7 cm³/mol. The molecule has 0 atom stereocenters. The minimum atomic E-state index is -0.591. The number of phenols is 2. The molecular formula is C17H26O4. The van der Waals surface area contributed by atoms with Crippen molar-refractivity contribution < 1.29 is 19.7 Å². The van der Waals surface area contributed by atoms with Crippen molar-refractivity contribution in [1.82, 2.24) is 0 Å². The molecule has 21 heavy (non-hydrogen) atoms. The van der Waals surface area contributed by atoms with E-state index in [9.17, 15) is 15.0 Å². The molecule has 0 aliphatic rings. The molecule has 0 aliphatic heterocycles. The second-order valence-electron chi connectivity index (χ2n) is 5.31. The smallest absolute Gasteiger partial charge is 0.342 e. The molecule has 0 aromatic heterocycles. The quantitative estimate of drug-likeness (QED) is 0.381. The third-order valence-corrected chi connectivity index (χ3v) is 3.43. The van der Waals surface area contributed by atoms with Crippen LogP contribution in [0.15, 0.2) is 18.2 Å². The van der Waals surface area contributed by atoms with Gasteiger partial charge in [-0.2, -0.15) is 0 Å². The summed E-state index contributed by atoms with van der Waals surface area (Å²) in [6.07, 6.45) is 9.44. The summed E-state index contributed by atoms with van der Waals surface area (Å²) in [6, 6.07) is 3.82. The summed E-state index contributed by atoms with van der Waals surface area (Å²) in [5.41, 5.74) is 0.00886. The van der Waals surface area contributed by atoms with Crippen molar-refractivity contribution in [1.29, 1.82) is 0 Å². The van der Waals surface area contributed by atoms with Crippen molar-refractivity contribution in [2.45, 2.75) is 58.3 Å². The molecule has 0 fully saturated rings. The van der Waals surface area contributed by atoms with E-state index in [0.717, 1.165) is 12.8 Å². The number of benzene rings is 1. The van der Waals surface area contributed by atoms with Crippen molar-refractivity contribution in [3.05, 3.63) is 23.8 Å². The summed E-state index contributed by atoms with van der Waals surface area (Å²) in [6.45, 7) is 2.56. The maximum absolute atomic E-state index is 11.7. The zero-order chi connectivity index (χ0) is 15.5. The van der Waals surface area contributed by atoms with Gasteiger partial charge in [-0.3, -0.25) is 0 Å². The van der Waals surface area contributed by atoms with E-state index in [4.69, 9.17) is 4.74 Å². The molecular weight excluding hydrogens is 268 g/mol. The number of esters is 1. The zero-order valence-electron chi connectivity index (χ0n) is 12.8. The van der Waals surface area contributed by atoms with E-state index in [0.29, 0.717) is 6.61 Å². The van der Waals surface area contributed by atoms with Crippen LogP contribution in [-0.4, -0.2) is 22.8 Å². The highest BCUT2D eigenvalue weighted by molar-refractivity contribution is 5.92. The number of carbonyl (C=O) groups excluding carboxylic acids is 1. The van der Waals surface area contributed by atoms with Crippen molar-refractivity contribution in [2.24, 2.45) is 0 Å². The van der Waals surface area contributed by atoms with Gasteiger partial charge in [-0.25, -0.2) is 4.79 Å².